The largest absolute Gasteiger partial charge is 0.481 e. The molecular formula is C72H105N11O17. The Hall–Kier alpha value is -9.76. The van der Waals surface area contributed by atoms with Gasteiger partial charge in [0.05, 0.1) is 50.8 Å². The van der Waals surface area contributed by atoms with Crippen molar-refractivity contribution in [3.05, 3.63) is 108 Å². The van der Waals surface area contributed by atoms with Gasteiger partial charge in [-0.15, -0.1) is 0 Å². The summed E-state index contributed by atoms with van der Waals surface area (Å²) in [6, 6.07) is 21.1. The summed E-state index contributed by atoms with van der Waals surface area (Å²) in [6.45, 7) is 3.21. The Morgan fingerprint density at radius 3 is 0.920 bits per heavy atom. The highest BCUT2D eigenvalue weighted by atomic mass is 16.4. The van der Waals surface area contributed by atoms with Gasteiger partial charge in [0.15, 0.2) is 0 Å². The molecule has 0 saturated carbocycles. The summed E-state index contributed by atoms with van der Waals surface area (Å²) in [6.07, 6.45) is 12.5. The molecule has 0 bridgehead atoms. The highest BCUT2D eigenvalue weighted by Gasteiger charge is 2.31. The zero-order chi connectivity index (χ0) is 73.9. The predicted octanol–water partition coefficient (Wildman–Crippen LogP) is 3.75. The smallest absolute Gasteiger partial charge is 0.312 e. The Balaban J connectivity index is 1.78. The minimum Gasteiger partial charge on any atom is -0.481 e. The van der Waals surface area contributed by atoms with Gasteiger partial charge in [0.2, 0.25) is 65.0 Å². The van der Waals surface area contributed by atoms with Gasteiger partial charge >= 0.3 is 17.9 Å². The van der Waals surface area contributed by atoms with Crippen molar-refractivity contribution in [3.8, 4) is 0 Å². The first-order valence-corrected chi connectivity index (χ1v) is 34.5. The van der Waals surface area contributed by atoms with Gasteiger partial charge in [-0.05, 0) is 56.2 Å². The lowest BCUT2D eigenvalue weighted by atomic mass is 10.0. The fourth-order valence-corrected chi connectivity index (χ4v) is 11.5. The van der Waals surface area contributed by atoms with Crippen LogP contribution in [-0.4, -0.2) is 218 Å². The number of hydrogen-bond acceptors (Lipinski definition) is 14. The van der Waals surface area contributed by atoms with Crippen LogP contribution < -0.4 is 32.3 Å². The summed E-state index contributed by atoms with van der Waals surface area (Å²) in [4.78, 5) is 188. The Kier molecular flexibility index (Phi) is 39.9. The van der Waals surface area contributed by atoms with E-state index in [1.54, 1.807) is 105 Å². The van der Waals surface area contributed by atoms with Gasteiger partial charge in [-0.3, -0.25) is 67.1 Å². The van der Waals surface area contributed by atoms with Crippen LogP contribution in [0.2, 0.25) is 0 Å². The Labute approximate surface area is 586 Å². The average molecular weight is 1400 g/mol. The Bertz CT molecular complexity index is 3120. The highest BCUT2D eigenvalue weighted by Crippen LogP contribution is 2.15. The number of nitrogens with two attached hydrogens (primary N) is 1. The number of aliphatic carboxylic acids is 3. The van der Waals surface area contributed by atoms with Gasteiger partial charge in [0, 0.05) is 65.1 Å². The van der Waals surface area contributed by atoms with Gasteiger partial charge in [0.25, 0.3) is 0 Å². The van der Waals surface area contributed by atoms with Crippen LogP contribution in [0.1, 0.15) is 160 Å². The normalized spacial score (nSPS) is 12.4. The average Bonchev–Trinajstić information content (AvgIpc) is 0.873. The van der Waals surface area contributed by atoms with Crippen LogP contribution in [0, 0.1) is 0 Å². The predicted molar refractivity (Wildman–Crippen MR) is 372 cm³/mol. The molecule has 0 saturated heterocycles. The van der Waals surface area contributed by atoms with E-state index in [-0.39, 0.29) is 44.8 Å². The van der Waals surface area contributed by atoms with Crippen molar-refractivity contribution in [3.63, 3.8) is 0 Å². The first kappa shape index (κ1) is 84.5. The molecule has 3 rings (SSSR count). The van der Waals surface area contributed by atoms with E-state index in [0.29, 0.717) is 23.1 Å². The summed E-state index contributed by atoms with van der Waals surface area (Å²) >= 11 is 0. The van der Waals surface area contributed by atoms with Crippen molar-refractivity contribution in [1.82, 2.24) is 51.1 Å². The van der Waals surface area contributed by atoms with Gasteiger partial charge in [-0.2, -0.15) is 0 Å². The second-order valence-electron chi connectivity index (χ2n) is 25.6. The molecule has 0 radical (unpaired) electrons. The molecule has 28 nitrogen and oxygen atoms in total. The topological polar surface area (TPSA) is 402 Å². The Morgan fingerprint density at radius 2 is 0.630 bits per heavy atom. The fourth-order valence-electron chi connectivity index (χ4n) is 11.5. The van der Waals surface area contributed by atoms with Crippen LogP contribution >= 0.6 is 0 Å². The van der Waals surface area contributed by atoms with Crippen molar-refractivity contribution in [2.45, 2.75) is 193 Å². The number of amides is 11. The summed E-state index contributed by atoms with van der Waals surface area (Å²) in [5, 5.41) is 43.0. The van der Waals surface area contributed by atoms with Crippen LogP contribution in [0.4, 0.5) is 0 Å². The number of hydrogen-bond donors (Lipinski definition) is 9. The minimum atomic E-state index is -1.56. The maximum atomic E-state index is 14.4. The maximum absolute atomic E-state index is 14.4. The van der Waals surface area contributed by atoms with E-state index >= 15 is 0 Å². The third kappa shape index (κ3) is 37.8. The van der Waals surface area contributed by atoms with Crippen LogP contribution in [0.3, 0.4) is 0 Å². The molecule has 3 aromatic carbocycles. The van der Waals surface area contributed by atoms with E-state index in [2.05, 4.69) is 33.5 Å². The Morgan fingerprint density at radius 1 is 0.360 bits per heavy atom. The summed E-state index contributed by atoms with van der Waals surface area (Å²) in [5.41, 5.74) is 7.27. The van der Waals surface area contributed by atoms with E-state index in [1.165, 1.54) is 76.5 Å². The lowest BCUT2D eigenvalue weighted by molar-refractivity contribution is -0.147. The first-order valence-electron chi connectivity index (χ1n) is 34.5. The number of carboxylic acids is 3. The number of carbonyl (C=O) groups is 14. The monoisotopic (exact) mass is 1400 g/mol. The molecule has 100 heavy (non-hydrogen) atoms. The number of benzene rings is 3. The number of nitrogens with zero attached hydrogens (tertiary/aromatic N) is 5. The van der Waals surface area contributed by atoms with E-state index in [9.17, 15) is 82.4 Å². The molecule has 0 fully saturated rings. The van der Waals surface area contributed by atoms with Crippen molar-refractivity contribution >= 4 is 82.9 Å². The molecule has 0 aliphatic carbocycles. The zero-order valence-electron chi connectivity index (χ0n) is 58.6. The van der Waals surface area contributed by atoms with Crippen molar-refractivity contribution in [1.29, 1.82) is 0 Å². The molecule has 0 unspecified atom stereocenters. The quantitative estimate of drug-likeness (QED) is 0.0287. The standard InChI is InChI=1S/C72H105N11O17/c1-6-7-8-9-10-11-12-13-14-15-16-17-27-34-62(87)74-51(2)41-79(53(4)84)47-63(88)75-52(3)42-80(54(5)85)48-64(89)76-59(36-56-30-23-19-24-31-56)44-82(68(93)39-71(97)98)50-66(91)78-60(37-57-32-25-20-26-33-57)45-83(69(94)40-72(99)100)49-65(90)77-58(35-55-28-21-18-22-29-55)43-81(46-61(73)86)67(92)38-70(95)96/h18-26,28-33,51-52,58-60H,6-17,27,34-50H2,1-5H3,(H2,73,86)(H,74,87)(H,75,88)(H,76,89)(H,77,90)(H,78,91)(H,95,96)(H,97,98)(H,99,100)/t51-,52-,58-,59-,60-/m0/s1. The third-order valence-electron chi connectivity index (χ3n) is 16.2. The van der Waals surface area contributed by atoms with E-state index in [0.717, 1.165) is 45.3 Å². The van der Waals surface area contributed by atoms with Gasteiger partial charge in [0.1, 0.15) is 19.3 Å². The lowest BCUT2D eigenvalue weighted by Crippen LogP contribution is -2.55. The molecular weight excluding hydrogens is 1290 g/mol. The highest BCUT2D eigenvalue weighted by molar-refractivity contribution is 5.97. The van der Waals surface area contributed by atoms with E-state index in [1.807, 2.05) is 0 Å². The SMILES string of the molecule is CCCCCCCCCCCCCCCC(=O)N[C@@H](C)CN(CC(=O)N[C@@H](C)CN(CC(=O)N[C@@H](Cc1ccccc1)CN(CC(=O)N[C@@H](Cc1ccccc1)CN(CC(=O)N[C@@H](Cc1ccccc1)CN(CC(N)=O)C(=O)CC(=O)O)C(=O)CC(=O)O)C(=O)CC(=O)O)C(C)=O)C(C)=O. The van der Waals surface area contributed by atoms with Crippen molar-refractivity contribution in [2.75, 3.05) is 65.4 Å². The van der Waals surface area contributed by atoms with Crippen molar-refractivity contribution in [2.24, 2.45) is 5.73 Å². The third-order valence-corrected chi connectivity index (χ3v) is 16.2. The fraction of sp³-hybridized carbons (Fsp3) is 0.556. The number of primary amides is 1. The number of nitrogens with one attached hydrogen (secondary N) is 5. The minimum absolute atomic E-state index is 0.0109. The molecule has 0 heterocycles. The first-order chi connectivity index (χ1) is 47.6. The molecule has 0 aliphatic heterocycles. The van der Waals surface area contributed by atoms with Crippen LogP contribution in [0.5, 0.6) is 0 Å². The molecule has 3 aromatic rings. The second-order valence-corrected chi connectivity index (χ2v) is 25.6. The number of rotatable bonds is 51. The summed E-state index contributed by atoms with van der Waals surface area (Å²) < 4.78 is 0. The molecule has 5 atom stereocenters. The lowest BCUT2D eigenvalue weighted by Gasteiger charge is -2.32. The molecule has 0 spiro atoms. The van der Waals surface area contributed by atoms with Crippen molar-refractivity contribution < 1.29 is 82.4 Å². The van der Waals surface area contributed by atoms with Crippen LogP contribution in [0.25, 0.3) is 0 Å². The second kappa shape index (κ2) is 47.3. The van der Waals surface area contributed by atoms with Gasteiger partial charge in [-0.1, -0.05) is 175 Å². The molecule has 11 amide bonds. The molecule has 10 N–H and O–H groups in total. The van der Waals surface area contributed by atoms with E-state index < -0.39 is 172 Å². The summed E-state index contributed by atoms with van der Waals surface area (Å²) in [7, 11) is 0. The van der Waals surface area contributed by atoms with E-state index in [4.69, 9.17) is 5.73 Å². The van der Waals surface area contributed by atoms with Gasteiger partial charge in [-0.25, -0.2) is 0 Å². The molecule has 0 aliphatic rings. The number of carboxylic acid groups (broad SMARTS) is 3. The van der Waals surface area contributed by atoms with Crippen LogP contribution in [-0.2, 0) is 86.4 Å². The maximum Gasteiger partial charge on any atom is 0.312 e. The number of carbonyl (C=O) groups excluding carboxylic acids is 11. The zero-order valence-corrected chi connectivity index (χ0v) is 58.6. The molecule has 0 aromatic heterocycles. The summed E-state index contributed by atoms with van der Waals surface area (Å²) in [5.74, 6) is -12.9. The van der Waals surface area contributed by atoms with Gasteiger partial charge < -0.3 is 72.1 Å². The molecule has 28 heteroatoms. The van der Waals surface area contributed by atoms with Crippen LogP contribution in [0.15, 0.2) is 91.0 Å². The molecule has 550 valence electrons. The number of unbranched alkanes of at least 4 members (excludes halogenated alkanes) is 12.